The smallest absolute Gasteiger partial charge is 0.420 e. The zero-order chi connectivity index (χ0) is 19.0. The van der Waals surface area contributed by atoms with E-state index < -0.39 is 23.8 Å². The summed E-state index contributed by atoms with van der Waals surface area (Å²) >= 11 is 0. The Morgan fingerprint density at radius 1 is 1.32 bits per heavy atom. The van der Waals surface area contributed by atoms with Crippen LogP contribution in [0.5, 0.6) is 17.4 Å². The molecule has 0 saturated carbocycles. The van der Waals surface area contributed by atoms with E-state index in [-0.39, 0.29) is 17.5 Å². The van der Waals surface area contributed by atoms with Crippen LogP contribution in [0.3, 0.4) is 0 Å². The molecule has 2 amide bonds. The number of pyridine rings is 1. The molecule has 25 heavy (non-hydrogen) atoms. The Kier molecular flexibility index (Phi) is 8.13. The summed E-state index contributed by atoms with van der Waals surface area (Å²) in [6.45, 7) is 8.05. The second kappa shape index (κ2) is 9.83. The number of carbonyl (C=O) groups excluding carboxylic acids is 2. The number of amides is 2. The predicted octanol–water partition coefficient (Wildman–Crippen LogP) is 2.20. The highest BCUT2D eigenvalue weighted by Crippen LogP contribution is 2.34. The number of nitrogens with two attached hydrogens (primary N) is 1. The van der Waals surface area contributed by atoms with Crippen LogP contribution < -0.4 is 20.5 Å². The van der Waals surface area contributed by atoms with Crippen LogP contribution in [-0.2, 0) is 4.79 Å². The maximum absolute atomic E-state index is 11.8. The monoisotopic (exact) mass is 353 g/mol. The molecule has 140 valence electrons. The largest absolute Gasteiger partial charge is 0.501 e. The number of ether oxygens (including phenoxy) is 2. The van der Waals surface area contributed by atoms with E-state index >= 15 is 0 Å². The Morgan fingerprint density at radius 3 is 2.52 bits per heavy atom. The summed E-state index contributed by atoms with van der Waals surface area (Å²) in [5, 5.41) is 12.1. The molecule has 0 aliphatic rings. The Hall–Kier alpha value is -2.35. The van der Waals surface area contributed by atoms with Gasteiger partial charge in [-0.3, -0.25) is 10.1 Å². The summed E-state index contributed by atoms with van der Waals surface area (Å²) in [6.07, 6.45) is 2.17. The van der Waals surface area contributed by atoms with Gasteiger partial charge in [0.2, 0.25) is 11.7 Å². The first-order valence-electron chi connectivity index (χ1n) is 8.39. The molecule has 0 fully saturated rings. The number of hydrogen-bond donors (Lipinski definition) is 3. The zero-order valence-electron chi connectivity index (χ0n) is 15.1. The summed E-state index contributed by atoms with van der Waals surface area (Å²) in [4.78, 5) is 27.3. The number of carbonyl (C=O) groups is 2. The Morgan fingerprint density at radius 2 is 1.96 bits per heavy atom. The first-order chi connectivity index (χ1) is 11.8. The molecule has 1 atom stereocenters. The van der Waals surface area contributed by atoms with Gasteiger partial charge in [-0.2, -0.15) is 0 Å². The van der Waals surface area contributed by atoms with Gasteiger partial charge in [0, 0.05) is 12.3 Å². The first kappa shape index (κ1) is 20.7. The lowest BCUT2D eigenvalue weighted by atomic mass is 10.1. The number of rotatable bonds is 8. The lowest BCUT2D eigenvalue weighted by Crippen LogP contribution is -2.47. The van der Waals surface area contributed by atoms with Gasteiger partial charge in [-0.1, -0.05) is 40.5 Å². The second-order valence-electron chi connectivity index (χ2n) is 6.10. The van der Waals surface area contributed by atoms with Crippen molar-refractivity contribution in [1.82, 2.24) is 10.3 Å². The highest BCUT2D eigenvalue weighted by atomic mass is 16.6. The quantitative estimate of drug-likeness (QED) is 0.654. The van der Waals surface area contributed by atoms with Crippen LogP contribution in [-0.4, -0.2) is 34.7 Å². The number of hydrogen-bond acceptors (Lipinski definition) is 7. The van der Waals surface area contributed by atoms with E-state index in [0.29, 0.717) is 12.5 Å². The second-order valence-corrected chi connectivity index (χ2v) is 6.10. The van der Waals surface area contributed by atoms with Gasteiger partial charge in [0.15, 0.2) is 5.75 Å². The molecule has 0 bridgehead atoms. The minimum absolute atomic E-state index is 0.138. The molecule has 1 rings (SSSR count). The van der Waals surface area contributed by atoms with Gasteiger partial charge >= 0.3 is 6.09 Å². The SMILES string of the molecule is CCC(CC)COc1ccnc(OC(=O)NC(=O)[C@@H](N)C(C)C)c1O. The van der Waals surface area contributed by atoms with Crippen molar-refractivity contribution in [2.24, 2.45) is 17.6 Å². The van der Waals surface area contributed by atoms with Crippen LogP contribution in [0.15, 0.2) is 12.3 Å². The highest BCUT2D eigenvalue weighted by molar-refractivity contribution is 5.95. The molecule has 0 aliphatic carbocycles. The first-order valence-corrected chi connectivity index (χ1v) is 8.39. The van der Waals surface area contributed by atoms with Crippen LogP contribution in [0.4, 0.5) is 4.79 Å². The standard InChI is InChI=1S/C17H27N3O5/c1-5-11(6-2)9-24-12-7-8-19-16(14(12)21)25-17(23)20-15(22)13(18)10(3)4/h7-8,10-11,13,21H,5-6,9,18H2,1-4H3,(H,20,22,23)/t13-/m0/s1. The fraction of sp³-hybridized carbons (Fsp3) is 0.588. The zero-order valence-corrected chi connectivity index (χ0v) is 15.1. The van der Waals surface area contributed by atoms with Gasteiger partial charge in [0.25, 0.3) is 5.88 Å². The summed E-state index contributed by atoms with van der Waals surface area (Å²) in [5.41, 5.74) is 5.65. The maximum Gasteiger partial charge on any atom is 0.420 e. The molecule has 1 aromatic rings. The van der Waals surface area contributed by atoms with Crippen molar-refractivity contribution in [2.45, 2.75) is 46.6 Å². The third-order valence-electron chi connectivity index (χ3n) is 3.92. The van der Waals surface area contributed by atoms with Crippen molar-refractivity contribution in [2.75, 3.05) is 6.61 Å². The van der Waals surface area contributed by atoms with Crippen molar-refractivity contribution in [3.8, 4) is 17.4 Å². The molecule has 0 aliphatic heterocycles. The van der Waals surface area contributed by atoms with E-state index in [1.165, 1.54) is 12.3 Å². The molecule has 0 unspecified atom stereocenters. The minimum atomic E-state index is -1.07. The van der Waals surface area contributed by atoms with Gasteiger partial charge in [0.05, 0.1) is 12.6 Å². The summed E-state index contributed by atoms with van der Waals surface area (Å²) in [6, 6.07) is 0.631. The summed E-state index contributed by atoms with van der Waals surface area (Å²) in [7, 11) is 0. The third-order valence-corrected chi connectivity index (χ3v) is 3.92. The molecule has 8 heteroatoms. The van der Waals surface area contributed by atoms with Crippen LogP contribution in [0.25, 0.3) is 0 Å². The average molecular weight is 353 g/mol. The lowest BCUT2D eigenvalue weighted by molar-refractivity contribution is -0.122. The molecule has 8 nitrogen and oxygen atoms in total. The fourth-order valence-electron chi connectivity index (χ4n) is 1.94. The number of nitrogens with zero attached hydrogens (tertiary/aromatic N) is 1. The maximum atomic E-state index is 11.8. The Balaban J connectivity index is 2.71. The molecule has 0 aromatic carbocycles. The predicted molar refractivity (Wildman–Crippen MR) is 92.4 cm³/mol. The molecule has 0 radical (unpaired) electrons. The van der Waals surface area contributed by atoms with Crippen molar-refractivity contribution in [3.63, 3.8) is 0 Å². The van der Waals surface area contributed by atoms with Gasteiger partial charge < -0.3 is 20.3 Å². The van der Waals surface area contributed by atoms with E-state index in [0.717, 1.165) is 12.8 Å². The van der Waals surface area contributed by atoms with Crippen LogP contribution in [0.2, 0.25) is 0 Å². The van der Waals surface area contributed by atoms with Crippen LogP contribution >= 0.6 is 0 Å². The topological polar surface area (TPSA) is 124 Å². The van der Waals surface area contributed by atoms with E-state index in [4.69, 9.17) is 15.2 Å². The fourth-order valence-corrected chi connectivity index (χ4v) is 1.94. The number of aromatic nitrogens is 1. The van der Waals surface area contributed by atoms with Gasteiger partial charge in [-0.25, -0.2) is 9.78 Å². The van der Waals surface area contributed by atoms with E-state index in [2.05, 4.69) is 18.8 Å². The molecule has 0 saturated heterocycles. The molecular formula is C17H27N3O5. The number of aromatic hydroxyl groups is 1. The lowest BCUT2D eigenvalue weighted by Gasteiger charge is -2.16. The average Bonchev–Trinajstić information content (AvgIpc) is 2.57. The van der Waals surface area contributed by atoms with Crippen molar-refractivity contribution in [1.29, 1.82) is 0 Å². The van der Waals surface area contributed by atoms with Gasteiger partial charge in [0.1, 0.15) is 0 Å². The molecular weight excluding hydrogens is 326 g/mol. The van der Waals surface area contributed by atoms with Gasteiger partial charge in [-0.05, 0) is 11.8 Å². The Bertz CT molecular complexity index is 588. The molecule has 4 N–H and O–H groups in total. The minimum Gasteiger partial charge on any atom is -0.501 e. The van der Waals surface area contributed by atoms with Crippen molar-refractivity contribution >= 4 is 12.0 Å². The van der Waals surface area contributed by atoms with Crippen LogP contribution in [0.1, 0.15) is 40.5 Å². The molecule has 0 spiro atoms. The Labute approximate surface area is 147 Å². The summed E-state index contributed by atoms with van der Waals surface area (Å²) < 4.78 is 10.4. The van der Waals surface area contributed by atoms with Crippen molar-refractivity contribution in [3.05, 3.63) is 12.3 Å². The van der Waals surface area contributed by atoms with Crippen LogP contribution in [0, 0.1) is 11.8 Å². The highest BCUT2D eigenvalue weighted by Gasteiger charge is 2.22. The van der Waals surface area contributed by atoms with Crippen molar-refractivity contribution < 1.29 is 24.2 Å². The number of imide groups is 1. The van der Waals surface area contributed by atoms with Gasteiger partial charge in [-0.15, -0.1) is 0 Å². The molecule has 1 heterocycles. The van der Waals surface area contributed by atoms with E-state index in [1.807, 2.05) is 5.32 Å². The number of nitrogens with one attached hydrogen (secondary N) is 1. The third kappa shape index (κ3) is 6.22. The van der Waals surface area contributed by atoms with E-state index in [9.17, 15) is 14.7 Å². The summed E-state index contributed by atoms with van der Waals surface area (Å²) in [5.74, 6) is -1.03. The normalized spacial score (nSPS) is 12.1. The molecule has 1 aromatic heterocycles. The van der Waals surface area contributed by atoms with E-state index in [1.54, 1.807) is 13.8 Å².